The van der Waals surface area contributed by atoms with Crippen LogP contribution in [0.1, 0.15) is 29.9 Å². The van der Waals surface area contributed by atoms with Crippen LogP contribution in [0.15, 0.2) is 16.6 Å². The van der Waals surface area contributed by atoms with Crippen molar-refractivity contribution in [2.75, 3.05) is 13.1 Å². The molecule has 0 bridgehead atoms. The van der Waals surface area contributed by atoms with Gasteiger partial charge in [-0.25, -0.2) is 4.39 Å². The van der Waals surface area contributed by atoms with Crippen molar-refractivity contribution in [3.05, 3.63) is 33.5 Å². The molecule has 1 fully saturated rings. The van der Waals surface area contributed by atoms with Gasteiger partial charge >= 0.3 is 0 Å². The highest BCUT2D eigenvalue weighted by Crippen LogP contribution is 2.29. The largest absolute Gasteiger partial charge is 0.316 e. The van der Waals surface area contributed by atoms with E-state index in [1.54, 1.807) is 0 Å². The van der Waals surface area contributed by atoms with E-state index in [9.17, 15) is 4.39 Å². The topological polar surface area (TPSA) is 12.0 Å². The second kappa shape index (κ2) is 4.62. The molecule has 1 aromatic rings. The minimum atomic E-state index is -0.0353. The van der Waals surface area contributed by atoms with Crippen molar-refractivity contribution < 1.29 is 4.39 Å². The van der Waals surface area contributed by atoms with Crippen molar-refractivity contribution in [1.29, 1.82) is 0 Å². The zero-order valence-electron chi connectivity index (χ0n) is 8.82. The summed E-state index contributed by atoms with van der Waals surface area (Å²) < 4.78 is 14.9. The van der Waals surface area contributed by atoms with E-state index in [1.165, 1.54) is 0 Å². The van der Waals surface area contributed by atoms with Gasteiger partial charge in [0.2, 0.25) is 0 Å². The van der Waals surface area contributed by atoms with E-state index in [0.29, 0.717) is 5.92 Å². The summed E-state index contributed by atoms with van der Waals surface area (Å²) in [6.07, 6.45) is 2.22. The van der Waals surface area contributed by atoms with Crippen molar-refractivity contribution in [1.82, 2.24) is 5.32 Å². The van der Waals surface area contributed by atoms with E-state index in [0.717, 1.165) is 41.5 Å². The smallest absolute Gasteiger partial charge is 0.129 e. The molecule has 15 heavy (non-hydrogen) atoms. The molecule has 1 aromatic carbocycles. The molecular formula is C12H15BrFN. The predicted octanol–water partition coefficient (Wildman–Crippen LogP) is 3.36. The SMILES string of the molecule is Cc1cc(Br)cc(C2CCCNC2)c1F. The van der Waals surface area contributed by atoms with Crippen LogP contribution in [0, 0.1) is 12.7 Å². The van der Waals surface area contributed by atoms with Crippen LogP contribution in [0.2, 0.25) is 0 Å². The van der Waals surface area contributed by atoms with Crippen LogP contribution in [0.5, 0.6) is 0 Å². The molecule has 1 atom stereocenters. The average molecular weight is 272 g/mol. The third-order valence-electron chi connectivity index (χ3n) is 2.98. The van der Waals surface area contributed by atoms with Gasteiger partial charge in [-0.05, 0) is 55.5 Å². The molecule has 0 aromatic heterocycles. The average Bonchev–Trinajstić information content (AvgIpc) is 2.24. The molecule has 1 saturated heterocycles. The first-order valence-electron chi connectivity index (χ1n) is 5.34. The number of piperidine rings is 1. The van der Waals surface area contributed by atoms with Crippen LogP contribution in [0.4, 0.5) is 4.39 Å². The van der Waals surface area contributed by atoms with Gasteiger partial charge in [0.25, 0.3) is 0 Å². The Bertz CT molecular complexity index is 359. The van der Waals surface area contributed by atoms with E-state index >= 15 is 0 Å². The van der Waals surface area contributed by atoms with E-state index in [4.69, 9.17) is 0 Å². The lowest BCUT2D eigenvalue weighted by atomic mass is 9.90. The highest BCUT2D eigenvalue weighted by atomic mass is 79.9. The van der Waals surface area contributed by atoms with Gasteiger partial charge in [-0.1, -0.05) is 15.9 Å². The highest BCUT2D eigenvalue weighted by molar-refractivity contribution is 9.10. The maximum absolute atomic E-state index is 13.9. The minimum absolute atomic E-state index is 0.0353. The number of nitrogens with one attached hydrogen (secondary N) is 1. The highest BCUT2D eigenvalue weighted by Gasteiger charge is 2.19. The fourth-order valence-corrected chi connectivity index (χ4v) is 2.76. The lowest BCUT2D eigenvalue weighted by molar-refractivity contribution is 0.445. The summed E-state index contributed by atoms with van der Waals surface area (Å²) in [5.74, 6) is 0.293. The fourth-order valence-electron chi connectivity index (χ4n) is 2.17. The molecule has 2 rings (SSSR count). The Kier molecular flexibility index (Phi) is 3.42. The van der Waals surface area contributed by atoms with Crippen molar-refractivity contribution in [2.24, 2.45) is 0 Å². The molecule has 1 nitrogen and oxygen atoms in total. The van der Waals surface area contributed by atoms with Gasteiger partial charge < -0.3 is 5.32 Å². The first-order valence-corrected chi connectivity index (χ1v) is 6.14. The second-order valence-electron chi connectivity index (χ2n) is 4.17. The molecular weight excluding hydrogens is 257 g/mol. The fraction of sp³-hybridized carbons (Fsp3) is 0.500. The number of halogens is 2. The van der Waals surface area contributed by atoms with Gasteiger partial charge in [0.05, 0.1) is 0 Å². The van der Waals surface area contributed by atoms with E-state index in [1.807, 2.05) is 19.1 Å². The number of rotatable bonds is 1. The quantitative estimate of drug-likeness (QED) is 0.826. The number of benzene rings is 1. The third-order valence-corrected chi connectivity index (χ3v) is 3.44. The Morgan fingerprint density at radius 3 is 2.93 bits per heavy atom. The molecule has 82 valence electrons. The van der Waals surface area contributed by atoms with Crippen LogP contribution in [-0.4, -0.2) is 13.1 Å². The van der Waals surface area contributed by atoms with Crippen LogP contribution >= 0.6 is 15.9 Å². The summed E-state index contributed by atoms with van der Waals surface area (Å²) in [4.78, 5) is 0. The summed E-state index contributed by atoms with van der Waals surface area (Å²) in [5, 5.41) is 3.32. The maximum Gasteiger partial charge on any atom is 0.129 e. The van der Waals surface area contributed by atoms with Crippen molar-refractivity contribution >= 4 is 15.9 Å². The standard InChI is InChI=1S/C12H15BrFN/c1-8-5-10(13)6-11(12(8)14)9-3-2-4-15-7-9/h5-6,9,15H,2-4,7H2,1H3. The number of aryl methyl sites for hydroxylation is 1. The third kappa shape index (κ3) is 2.40. The zero-order valence-corrected chi connectivity index (χ0v) is 10.4. The molecule has 0 aliphatic carbocycles. The molecule has 1 unspecified atom stereocenters. The summed E-state index contributed by atoms with van der Waals surface area (Å²) in [6, 6.07) is 3.75. The zero-order chi connectivity index (χ0) is 10.8. The van der Waals surface area contributed by atoms with Gasteiger partial charge in [-0.3, -0.25) is 0 Å². The first kappa shape index (κ1) is 11.1. The Hall–Kier alpha value is -0.410. The van der Waals surface area contributed by atoms with Crippen LogP contribution in [0.25, 0.3) is 0 Å². The minimum Gasteiger partial charge on any atom is -0.316 e. The predicted molar refractivity (Wildman–Crippen MR) is 63.7 cm³/mol. The molecule has 0 saturated carbocycles. The first-order chi connectivity index (χ1) is 7.18. The molecule has 1 N–H and O–H groups in total. The van der Waals surface area contributed by atoms with Crippen LogP contribution < -0.4 is 5.32 Å². The van der Waals surface area contributed by atoms with Gasteiger partial charge in [-0.2, -0.15) is 0 Å². The molecule has 1 aliphatic heterocycles. The maximum atomic E-state index is 13.9. The summed E-state index contributed by atoms with van der Waals surface area (Å²) >= 11 is 3.43. The number of hydrogen-bond acceptors (Lipinski definition) is 1. The normalized spacial score (nSPS) is 21.7. The summed E-state index contributed by atoms with van der Waals surface area (Å²) in [6.45, 7) is 3.78. The Labute approximate surface area is 98.2 Å². The molecule has 0 amide bonds. The molecule has 3 heteroatoms. The summed E-state index contributed by atoms with van der Waals surface area (Å²) in [7, 11) is 0. The van der Waals surface area contributed by atoms with E-state index < -0.39 is 0 Å². The Morgan fingerprint density at radius 1 is 1.47 bits per heavy atom. The van der Waals surface area contributed by atoms with E-state index in [2.05, 4.69) is 21.2 Å². The van der Waals surface area contributed by atoms with Crippen molar-refractivity contribution in [3.63, 3.8) is 0 Å². The van der Waals surface area contributed by atoms with E-state index in [-0.39, 0.29) is 5.82 Å². The summed E-state index contributed by atoms with van der Waals surface area (Å²) in [5.41, 5.74) is 1.58. The van der Waals surface area contributed by atoms with Gasteiger partial charge in [-0.15, -0.1) is 0 Å². The number of hydrogen-bond donors (Lipinski definition) is 1. The lowest BCUT2D eigenvalue weighted by Crippen LogP contribution is -2.29. The van der Waals surface area contributed by atoms with Gasteiger partial charge in [0.15, 0.2) is 0 Å². The molecule has 1 heterocycles. The second-order valence-corrected chi connectivity index (χ2v) is 5.08. The Morgan fingerprint density at radius 2 is 2.27 bits per heavy atom. The van der Waals surface area contributed by atoms with Crippen molar-refractivity contribution in [3.8, 4) is 0 Å². The van der Waals surface area contributed by atoms with Crippen LogP contribution in [0.3, 0.4) is 0 Å². The van der Waals surface area contributed by atoms with Crippen LogP contribution in [-0.2, 0) is 0 Å². The van der Waals surface area contributed by atoms with Crippen molar-refractivity contribution in [2.45, 2.75) is 25.7 Å². The monoisotopic (exact) mass is 271 g/mol. The Balaban J connectivity index is 2.33. The molecule has 0 radical (unpaired) electrons. The van der Waals surface area contributed by atoms with Gasteiger partial charge in [0, 0.05) is 11.0 Å². The molecule has 0 spiro atoms. The van der Waals surface area contributed by atoms with Gasteiger partial charge in [0.1, 0.15) is 5.82 Å². The molecule has 1 aliphatic rings. The lowest BCUT2D eigenvalue weighted by Gasteiger charge is -2.24.